The molecule has 3 nitrogen and oxygen atoms in total. The summed E-state index contributed by atoms with van der Waals surface area (Å²) in [5, 5.41) is 12.2. The minimum Gasteiger partial charge on any atom is -0.481 e. The highest BCUT2D eigenvalue weighted by Crippen LogP contribution is 2.29. The van der Waals surface area contributed by atoms with Gasteiger partial charge in [0.15, 0.2) is 0 Å². The van der Waals surface area contributed by atoms with E-state index in [0.717, 1.165) is 23.7 Å². The third-order valence-electron chi connectivity index (χ3n) is 5.65. The Balaban J connectivity index is 1.37. The molecule has 0 atom stereocenters. The van der Waals surface area contributed by atoms with Gasteiger partial charge in [0.25, 0.3) is 0 Å². The number of anilines is 1. The first kappa shape index (κ1) is 20.8. The molecule has 1 saturated carbocycles. The maximum Gasteiger partial charge on any atom is 0.307 e. The van der Waals surface area contributed by atoms with Gasteiger partial charge in [-0.1, -0.05) is 89.2 Å². The Bertz CT molecular complexity index is 491. The molecule has 0 unspecified atom stereocenters. The maximum atomic E-state index is 10.7. The van der Waals surface area contributed by atoms with Crippen molar-refractivity contribution in [2.24, 2.45) is 5.92 Å². The topological polar surface area (TPSA) is 49.3 Å². The molecule has 0 radical (unpaired) electrons. The van der Waals surface area contributed by atoms with Crippen LogP contribution in [0.2, 0.25) is 0 Å². The van der Waals surface area contributed by atoms with Crippen LogP contribution in [0.15, 0.2) is 24.3 Å². The van der Waals surface area contributed by atoms with Crippen LogP contribution >= 0.6 is 0 Å². The van der Waals surface area contributed by atoms with E-state index in [0.29, 0.717) is 0 Å². The van der Waals surface area contributed by atoms with Gasteiger partial charge in [-0.05, 0) is 30.0 Å². The van der Waals surface area contributed by atoms with E-state index in [4.69, 9.17) is 5.11 Å². The molecule has 0 saturated heterocycles. The van der Waals surface area contributed by atoms with Crippen molar-refractivity contribution in [3.63, 3.8) is 0 Å². The molecule has 2 rings (SSSR count). The molecule has 3 heteroatoms. The minimum absolute atomic E-state index is 0.0981. The highest BCUT2D eigenvalue weighted by Gasteiger charge is 2.13. The van der Waals surface area contributed by atoms with Gasteiger partial charge in [0.2, 0.25) is 0 Å². The molecule has 2 N–H and O–H groups in total. The van der Waals surface area contributed by atoms with E-state index in [1.165, 1.54) is 83.5 Å². The van der Waals surface area contributed by atoms with E-state index in [9.17, 15) is 4.79 Å². The molecule has 146 valence electrons. The number of hydrogen-bond donors (Lipinski definition) is 2. The Morgan fingerprint density at radius 1 is 0.885 bits per heavy atom. The Morgan fingerprint density at radius 3 is 2.08 bits per heavy atom. The molecule has 1 aromatic carbocycles. The van der Waals surface area contributed by atoms with Gasteiger partial charge in [0.1, 0.15) is 0 Å². The lowest BCUT2D eigenvalue weighted by atomic mass is 9.99. The van der Waals surface area contributed by atoms with Crippen LogP contribution in [0.1, 0.15) is 89.0 Å². The Labute approximate surface area is 159 Å². The molecule has 0 aliphatic heterocycles. The molecule has 1 fully saturated rings. The lowest BCUT2D eigenvalue weighted by Crippen LogP contribution is -2.03. The van der Waals surface area contributed by atoms with Crippen LogP contribution in [0.25, 0.3) is 0 Å². The third-order valence-corrected chi connectivity index (χ3v) is 5.65. The van der Waals surface area contributed by atoms with E-state index in [1.807, 2.05) is 24.3 Å². The average Bonchev–Trinajstić information content (AvgIpc) is 3.14. The van der Waals surface area contributed by atoms with Crippen molar-refractivity contribution in [3.8, 4) is 0 Å². The number of aliphatic carboxylic acids is 1. The second kappa shape index (κ2) is 12.8. The van der Waals surface area contributed by atoms with E-state index in [1.54, 1.807) is 0 Å². The molecular weight excluding hydrogens is 322 g/mol. The summed E-state index contributed by atoms with van der Waals surface area (Å²) >= 11 is 0. The number of benzene rings is 1. The number of hydrogen-bond acceptors (Lipinski definition) is 2. The Hall–Kier alpha value is -1.51. The highest BCUT2D eigenvalue weighted by atomic mass is 16.4. The van der Waals surface area contributed by atoms with Gasteiger partial charge in [0.05, 0.1) is 6.42 Å². The van der Waals surface area contributed by atoms with Gasteiger partial charge in [0, 0.05) is 12.2 Å². The van der Waals surface area contributed by atoms with Crippen LogP contribution in [0.4, 0.5) is 5.69 Å². The molecule has 0 heterocycles. The summed E-state index contributed by atoms with van der Waals surface area (Å²) in [6.45, 7) is 1.000. The molecule has 0 spiro atoms. The number of carboxylic acid groups (broad SMARTS) is 1. The molecule has 1 aromatic rings. The van der Waals surface area contributed by atoms with Crippen molar-refractivity contribution in [1.82, 2.24) is 0 Å². The predicted octanol–water partition coefficient (Wildman–Crippen LogP) is 6.43. The fourth-order valence-corrected chi connectivity index (χ4v) is 4.07. The molecule has 1 aliphatic rings. The Kier molecular flexibility index (Phi) is 10.2. The van der Waals surface area contributed by atoms with Crippen LogP contribution in [0.3, 0.4) is 0 Å². The fourth-order valence-electron chi connectivity index (χ4n) is 4.07. The zero-order valence-electron chi connectivity index (χ0n) is 16.3. The molecule has 26 heavy (non-hydrogen) atoms. The zero-order chi connectivity index (χ0) is 18.5. The first-order chi connectivity index (χ1) is 12.7. The monoisotopic (exact) mass is 359 g/mol. The van der Waals surface area contributed by atoms with Gasteiger partial charge in [-0.2, -0.15) is 0 Å². The first-order valence-corrected chi connectivity index (χ1v) is 10.8. The zero-order valence-corrected chi connectivity index (χ0v) is 16.3. The average molecular weight is 360 g/mol. The molecule has 0 bridgehead atoms. The van der Waals surface area contributed by atoms with E-state index < -0.39 is 5.97 Å². The van der Waals surface area contributed by atoms with Gasteiger partial charge in [-0.3, -0.25) is 4.79 Å². The van der Waals surface area contributed by atoms with Crippen molar-refractivity contribution in [1.29, 1.82) is 0 Å². The fraction of sp³-hybridized carbons (Fsp3) is 0.696. The van der Waals surface area contributed by atoms with Gasteiger partial charge >= 0.3 is 5.97 Å². The molecule has 0 aromatic heterocycles. The van der Waals surface area contributed by atoms with Crippen molar-refractivity contribution >= 4 is 11.7 Å². The first-order valence-electron chi connectivity index (χ1n) is 10.8. The lowest BCUT2D eigenvalue weighted by Gasteiger charge is -2.08. The predicted molar refractivity (Wildman–Crippen MR) is 110 cm³/mol. The summed E-state index contributed by atoms with van der Waals surface area (Å²) in [5.41, 5.74) is 1.94. The molecular formula is C23H37NO2. The van der Waals surface area contributed by atoms with Crippen molar-refractivity contribution in [2.75, 3.05) is 11.9 Å². The van der Waals surface area contributed by atoms with Crippen LogP contribution in [-0.4, -0.2) is 17.6 Å². The van der Waals surface area contributed by atoms with E-state index in [2.05, 4.69) is 5.32 Å². The largest absolute Gasteiger partial charge is 0.481 e. The van der Waals surface area contributed by atoms with Crippen molar-refractivity contribution in [2.45, 2.75) is 89.9 Å². The van der Waals surface area contributed by atoms with E-state index >= 15 is 0 Å². The van der Waals surface area contributed by atoms with Gasteiger partial charge < -0.3 is 10.4 Å². The van der Waals surface area contributed by atoms with Crippen LogP contribution < -0.4 is 5.32 Å². The number of nitrogens with one attached hydrogen (secondary N) is 1. The van der Waals surface area contributed by atoms with Gasteiger partial charge in [-0.25, -0.2) is 0 Å². The van der Waals surface area contributed by atoms with Gasteiger partial charge in [-0.15, -0.1) is 0 Å². The second-order valence-corrected chi connectivity index (χ2v) is 7.96. The third kappa shape index (κ3) is 9.26. The van der Waals surface area contributed by atoms with Crippen LogP contribution in [-0.2, 0) is 11.2 Å². The van der Waals surface area contributed by atoms with Crippen LogP contribution in [0, 0.1) is 5.92 Å². The molecule has 1 aliphatic carbocycles. The number of carboxylic acids is 1. The maximum absolute atomic E-state index is 10.7. The quantitative estimate of drug-likeness (QED) is 0.376. The van der Waals surface area contributed by atoms with Crippen molar-refractivity contribution < 1.29 is 9.90 Å². The highest BCUT2D eigenvalue weighted by molar-refractivity contribution is 5.70. The number of carbonyl (C=O) groups is 1. The number of rotatable bonds is 14. The summed E-state index contributed by atoms with van der Waals surface area (Å²) < 4.78 is 0. The summed E-state index contributed by atoms with van der Waals surface area (Å²) in [6, 6.07) is 7.74. The second-order valence-electron chi connectivity index (χ2n) is 7.96. The minimum atomic E-state index is -0.778. The SMILES string of the molecule is O=C(O)Cc1ccc(NCCCCCCCCCCC2CCCC2)cc1. The number of unbranched alkanes of at least 4 members (excludes halogenated alkanes) is 7. The summed E-state index contributed by atoms with van der Waals surface area (Å²) in [7, 11) is 0. The Morgan fingerprint density at radius 2 is 1.46 bits per heavy atom. The summed E-state index contributed by atoms with van der Waals surface area (Å²) in [4.78, 5) is 10.7. The summed E-state index contributed by atoms with van der Waals surface area (Å²) in [5.74, 6) is 0.287. The smallest absolute Gasteiger partial charge is 0.307 e. The standard InChI is InChI=1S/C23H37NO2/c25-23(26)19-21-14-16-22(17-15-21)24-18-10-6-4-2-1-3-5-7-11-20-12-8-9-13-20/h14-17,20,24H,1-13,18-19H2,(H,25,26). The molecule has 0 amide bonds. The van der Waals surface area contributed by atoms with Crippen LogP contribution in [0.5, 0.6) is 0 Å². The normalized spacial score (nSPS) is 14.6. The van der Waals surface area contributed by atoms with E-state index in [-0.39, 0.29) is 6.42 Å². The lowest BCUT2D eigenvalue weighted by molar-refractivity contribution is -0.136. The summed E-state index contributed by atoms with van der Waals surface area (Å²) in [6.07, 6.45) is 18.5. The van der Waals surface area contributed by atoms with Crippen molar-refractivity contribution in [3.05, 3.63) is 29.8 Å².